The zero-order valence-electron chi connectivity index (χ0n) is 9.18. The number of nitrogen functional groups attached to an aromatic ring is 1. The van der Waals surface area contributed by atoms with E-state index >= 15 is 0 Å². The Balaban J connectivity index is 1.94. The zero-order valence-corrected chi connectivity index (χ0v) is 9.18. The van der Waals surface area contributed by atoms with Crippen molar-refractivity contribution in [2.45, 2.75) is 25.0 Å². The molecular formula is C10H16N4O2. The van der Waals surface area contributed by atoms with Crippen molar-refractivity contribution in [3.63, 3.8) is 0 Å². The lowest BCUT2D eigenvalue weighted by Crippen LogP contribution is -2.43. The molecule has 4 N–H and O–H groups in total. The summed E-state index contributed by atoms with van der Waals surface area (Å²) in [6, 6.07) is 0. The van der Waals surface area contributed by atoms with Gasteiger partial charge in [0, 0.05) is 19.6 Å². The van der Waals surface area contributed by atoms with Crippen LogP contribution in [0.25, 0.3) is 0 Å². The minimum absolute atomic E-state index is 0.165. The Morgan fingerprint density at radius 1 is 1.62 bits per heavy atom. The van der Waals surface area contributed by atoms with Crippen LogP contribution in [0.5, 0.6) is 0 Å². The minimum Gasteiger partial charge on any atom is -0.385 e. The molecule has 0 aliphatic carbocycles. The highest BCUT2D eigenvalue weighted by Gasteiger charge is 2.39. The summed E-state index contributed by atoms with van der Waals surface area (Å²) in [7, 11) is 0. The molecule has 2 rings (SSSR count). The maximum Gasteiger partial charge on any atom is 0.144 e. The van der Waals surface area contributed by atoms with Crippen LogP contribution in [0.4, 0.5) is 11.6 Å². The van der Waals surface area contributed by atoms with Crippen LogP contribution in [0, 0.1) is 0 Å². The number of aromatic nitrogens is 2. The molecule has 0 radical (unpaired) electrons. The van der Waals surface area contributed by atoms with Gasteiger partial charge in [0.2, 0.25) is 0 Å². The van der Waals surface area contributed by atoms with Gasteiger partial charge in [-0.1, -0.05) is 0 Å². The quantitative estimate of drug-likeness (QED) is 0.669. The van der Waals surface area contributed by atoms with Crippen LogP contribution in [0.1, 0.15) is 13.3 Å². The first-order valence-electron chi connectivity index (χ1n) is 5.25. The van der Waals surface area contributed by atoms with E-state index in [4.69, 9.17) is 10.5 Å². The number of ether oxygens (including phenoxy) is 1. The highest BCUT2D eigenvalue weighted by atomic mass is 16.5. The second-order valence-corrected chi connectivity index (χ2v) is 4.05. The molecule has 0 saturated carbocycles. The Hall–Kier alpha value is -1.40. The lowest BCUT2D eigenvalue weighted by atomic mass is 9.97. The van der Waals surface area contributed by atoms with Crippen LogP contribution in [-0.4, -0.2) is 39.9 Å². The number of aliphatic hydroxyl groups is 1. The van der Waals surface area contributed by atoms with E-state index in [0.717, 1.165) is 0 Å². The van der Waals surface area contributed by atoms with Gasteiger partial charge in [-0.05, 0) is 6.92 Å². The molecule has 2 unspecified atom stereocenters. The SMILES string of the molecule is CC1OCCC1(O)CNc1cnc(N)cn1. The molecule has 1 fully saturated rings. The van der Waals surface area contributed by atoms with Crippen LogP contribution in [0.3, 0.4) is 0 Å². The second kappa shape index (κ2) is 4.23. The van der Waals surface area contributed by atoms with E-state index in [1.165, 1.54) is 6.20 Å². The lowest BCUT2D eigenvalue weighted by Gasteiger charge is -2.26. The average Bonchev–Trinajstić information content (AvgIpc) is 2.59. The van der Waals surface area contributed by atoms with Gasteiger partial charge in [0.25, 0.3) is 0 Å². The zero-order chi connectivity index (χ0) is 11.6. The van der Waals surface area contributed by atoms with Crippen LogP contribution in [-0.2, 0) is 4.74 Å². The molecule has 88 valence electrons. The van der Waals surface area contributed by atoms with Crippen molar-refractivity contribution in [3.05, 3.63) is 12.4 Å². The molecule has 6 nitrogen and oxygen atoms in total. The maximum atomic E-state index is 10.2. The molecule has 1 aromatic rings. The summed E-state index contributed by atoms with van der Waals surface area (Å²) in [5.74, 6) is 0.976. The molecule has 0 amide bonds. The van der Waals surface area contributed by atoms with Crippen molar-refractivity contribution in [2.75, 3.05) is 24.2 Å². The summed E-state index contributed by atoms with van der Waals surface area (Å²) in [4.78, 5) is 7.95. The third kappa shape index (κ3) is 2.23. The first-order valence-corrected chi connectivity index (χ1v) is 5.25. The fourth-order valence-corrected chi connectivity index (χ4v) is 1.68. The van der Waals surface area contributed by atoms with Gasteiger partial charge in [0.15, 0.2) is 0 Å². The molecule has 16 heavy (non-hydrogen) atoms. The van der Waals surface area contributed by atoms with Crippen LogP contribution in [0.2, 0.25) is 0 Å². The smallest absolute Gasteiger partial charge is 0.144 e. The maximum absolute atomic E-state index is 10.2. The van der Waals surface area contributed by atoms with Gasteiger partial charge in [0.1, 0.15) is 17.2 Å². The summed E-state index contributed by atoms with van der Waals surface area (Å²) < 4.78 is 5.33. The van der Waals surface area contributed by atoms with Gasteiger partial charge < -0.3 is 20.9 Å². The number of nitrogens with one attached hydrogen (secondary N) is 1. The van der Waals surface area contributed by atoms with E-state index in [-0.39, 0.29) is 6.10 Å². The Bertz CT molecular complexity index is 356. The van der Waals surface area contributed by atoms with E-state index in [2.05, 4.69) is 15.3 Å². The molecule has 2 atom stereocenters. The van der Waals surface area contributed by atoms with Gasteiger partial charge in [0.05, 0.1) is 18.5 Å². The first-order chi connectivity index (χ1) is 7.60. The molecule has 6 heteroatoms. The van der Waals surface area contributed by atoms with E-state index in [9.17, 15) is 5.11 Å². The second-order valence-electron chi connectivity index (χ2n) is 4.05. The largest absolute Gasteiger partial charge is 0.385 e. The summed E-state index contributed by atoms with van der Waals surface area (Å²) in [6.07, 6.45) is 3.48. The van der Waals surface area contributed by atoms with Crippen molar-refractivity contribution in [1.29, 1.82) is 0 Å². The van der Waals surface area contributed by atoms with Crippen LogP contribution in [0.15, 0.2) is 12.4 Å². The lowest BCUT2D eigenvalue weighted by molar-refractivity contribution is -0.0176. The average molecular weight is 224 g/mol. The van der Waals surface area contributed by atoms with Crippen molar-refractivity contribution in [2.24, 2.45) is 0 Å². The molecule has 0 aromatic carbocycles. The Labute approximate surface area is 93.9 Å². The van der Waals surface area contributed by atoms with Crippen molar-refractivity contribution in [1.82, 2.24) is 9.97 Å². The molecule has 0 spiro atoms. The number of anilines is 2. The minimum atomic E-state index is -0.830. The number of nitrogens with zero attached hydrogens (tertiary/aromatic N) is 2. The van der Waals surface area contributed by atoms with Gasteiger partial charge in [-0.15, -0.1) is 0 Å². The molecule has 1 aliphatic rings. The highest BCUT2D eigenvalue weighted by molar-refractivity contribution is 5.36. The van der Waals surface area contributed by atoms with E-state index in [1.807, 2.05) is 6.92 Å². The Morgan fingerprint density at radius 3 is 3.00 bits per heavy atom. The summed E-state index contributed by atoms with van der Waals surface area (Å²) in [6.45, 7) is 2.85. The number of rotatable bonds is 3. The van der Waals surface area contributed by atoms with Gasteiger partial charge in [-0.2, -0.15) is 0 Å². The Kier molecular flexibility index (Phi) is 2.93. The van der Waals surface area contributed by atoms with E-state index < -0.39 is 5.60 Å². The van der Waals surface area contributed by atoms with Gasteiger partial charge in [-0.25, -0.2) is 9.97 Å². The van der Waals surface area contributed by atoms with Crippen LogP contribution < -0.4 is 11.1 Å². The molecule has 2 heterocycles. The molecule has 1 aliphatic heterocycles. The summed E-state index contributed by atoms with van der Waals surface area (Å²) in [5, 5.41) is 13.2. The Morgan fingerprint density at radius 2 is 2.44 bits per heavy atom. The standard InChI is InChI=1S/C10H16N4O2/c1-7-10(15,2-3-16-7)6-14-9-5-12-8(11)4-13-9/h4-5,7,15H,2-3,6H2,1H3,(H2,11,12)(H,13,14). The molecular weight excluding hydrogens is 208 g/mol. The predicted octanol–water partition coefficient (Wildman–Crippen LogP) is 0.0106. The highest BCUT2D eigenvalue weighted by Crippen LogP contribution is 2.25. The van der Waals surface area contributed by atoms with Crippen molar-refractivity contribution in [3.8, 4) is 0 Å². The normalized spacial score (nSPS) is 29.2. The fraction of sp³-hybridized carbons (Fsp3) is 0.600. The van der Waals surface area contributed by atoms with Gasteiger partial charge >= 0.3 is 0 Å². The van der Waals surface area contributed by atoms with Crippen LogP contribution >= 0.6 is 0 Å². The first kappa shape index (κ1) is 11.1. The van der Waals surface area contributed by atoms with Crippen molar-refractivity contribution >= 4 is 11.6 Å². The topological polar surface area (TPSA) is 93.3 Å². The van der Waals surface area contributed by atoms with E-state index in [1.54, 1.807) is 6.20 Å². The molecule has 1 saturated heterocycles. The van der Waals surface area contributed by atoms with E-state index in [0.29, 0.717) is 31.2 Å². The number of hydrogen-bond donors (Lipinski definition) is 3. The van der Waals surface area contributed by atoms with Gasteiger partial charge in [-0.3, -0.25) is 0 Å². The molecule has 1 aromatic heterocycles. The summed E-state index contributed by atoms with van der Waals surface area (Å²) >= 11 is 0. The monoisotopic (exact) mass is 224 g/mol. The molecule has 0 bridgehead atoms. The predicted molar refractivity (Wildman–Crippen MR) is 59.9 cm³/mol. The third-order valence-corrected chi connectivity index (χ3v) is 2.91. The number of hydrogen-bond acceptors (Lipinski definition) is 6. The summed E-state index contributed by atoms with van der Waals surface area (Å²) in [5.41, 5.74) is 4.59. The fourth-order valence-electron chi connectivity index (χ4n) is 1.68. The third-order valence-electron chi connectivity index (χ3n) is 2.91. The van der Waals surface area contributed by atoms with Crippen molar-refractivity contribution < 1.29 is 9.84 Å². The number of nitrogens with two attached hydrogens (primary N) is 1.